The number of nitrogens with one attached hydrogen (secondary N) is 1. The van der Waals surface area contributed by atoms with Gasteiger partial charge in [0.1, 0.15) is 17.4 Å². The standard InChI is InChI=1S/C12H12N4S/c1-14-9(6-13)7-17-12-10-4-2-3-5-11(10)15-8-16-12/h2-5,8-9,14H,7H2,1H3. The van der Waals surface area contributed by atoms with Crippen molar-refractivity contribution >= 4 is 22.7 Å². The van der Waals surface area contributed by atoms with E-state index in [0.29, 0.717) is 5.75 Å². The summed E-state index contributed by atoms with van der Waals surface area (Å²) in [4.78, 5) is 8.47. The van der Waals surface area contributed by atoms with E-state index in [1.807, 2.05) is 24.3 Å². The highest BCUT2D eigenvalue weighted by Gasteiger charge is 2.08. The van der Waals surface area contributed by atoms with Gasteiger partial charge in [0.25, 0.3) is 0 Å². The Morgan fingerprint density at radius 3 is 3.00 bits per heavy atom. The van der Waals surface area contributed by atoms with Crippen LogP contribution in [0.15, 0.2) is 35.6 Å². The Morgan fingerprint density at radius 1 is 1.41 bits per heavy atom. The van der Waals surface area contributed by atoms with Gasteiger partial charge in [-0.05, 0) is 13.1 Å². The van der Waals surface area contributed by atoms with Crippen LogP contribution >= 0.6 is 11.8 Å². The van der Waals surface area contributed by atoms with Gasteiger partial charge >= 0.3 is 0 Å². The highest BCUT2D eigenvalue weighted by atomic mass is 32.2. The van der Waals surface area contributed by atoms with Crippen LogP contribution in [0.1, 0.15) is 0 Å². The third-order valence-corrected chi connectivity index (χ3v) is 3.50. The molecule has 1 aromatic heterocycles. The fourth-order valence-corrected chi connectivity index (χ4v) is 2.46. The highest BCUT2D eigenvalue weighted by Crippen LogP contribution is 2.24. The van der Waals surface area contributed by atoms with Crippen LogP contribution in [0.2, 0.25) is 0 Å². The number of para-hydroxylation sites is 1. The molecule has 17 heavy (non-hydrogen) atoms. The lowest BCUT2D eigenvalue weighted by molar-refractivity contribution is 0.749. The third-order valence-electron chi connectivity index (χ3n) is 2.40. The van der Waals surface area contributed by atoms with E-state index in [-0.39, 0.29) is 6.04 Å². The number of rotatable bonds is 4. The minimum atomic E-state index is -0.159. The van der Waals surface area contributed by atoms with Gasteiger partial charge in [0.15, 0.2) is 0 Å². The van der Waals surface area contributed by atoms with Gasteiger partial charge in [0.2, 0.25) is 0 Å². The van der Waals surface area contributed by atoms with Crippen LogP contribution in [-0.4, -0.2) is 28.8 Å². The van der Waals surface area contributed by atoms with Crippen molar-refractivity contribution < 1.29 is 0 Å². The van der Waals surface area contributed by atoms with E-state index < -0.39 is 0 Å². The second-order valence-electron chi connectivity index (χ2n) is 3.48. The molecule has 1 N–H and O–H groups in total. The van der Waals surface area contributed by atoms with Gasteiger partial charge in [-0.15, -0.1) is 11.8 Å². The summed E-state index contributed by atoms with van der Waals surface area (Å²) in [5, 5.41) is 13.8. The zero-order valence-electron chi connectivity index (χ0n) is 9.42. The third kappa shape index (κ3) is 2.73. The maximum atomic E-state index is 8.86. The van der Waals surface area contributed by atoms with Gasteiger partial charge < -0.3 is 5.32 Å². The van der Waals surface area contributed by atoms with Gasteiger partial charge in [0.05, 0.1) is 11.6 Å². The Morgan fingerprint density at radius 2 is 2.24 bits per heavy atom. The number of nitrogens with zero attached hydrogens (tertiary/aromatic N) is 3. The predicted octanol–water partition coefficient (Wildman–Crippen LogP) is 1.83. The average Bonchev–Trinajstić information content (AvgIpc) is 2.40. The van der Waals surface area contributed by atoms with Crippen LogP contribution in [0.3, 0.4) is 0 Å². The molecule has 4 nitrogen and oxygen atoms in total. The number of hydrogen-bond acceptors (Lipinski definition) is 5. The maximum Gasteiger partial charge on any atom is 0.117 e. The molecule has 0 bridgehead atoms. The van der Waals surface area contributed by atoms with E-state index in [1.165, 1.54) is 0 Å². The molecule has 1 heterocycles. The van der Waals surface area contributed by atoms with E-state index in [2.05, 4.69) is 21.4 Å². The Kier molecular flexibility index (Phi) is 3.91. The molecule has 0 fully saturated rings. The van der Waals surface area contributed by atoms with Gasteiger partial charge in [-0.25, -0.2) is 9.97 Å². The second-order valence-corrected chi connectivity index (χ2v) is 4.49. The molecule has 0 aliphatic carbocycles. The Balaban J connectivity index is 2.22. The minimum absolute atomic E-state index is 0.159. The summed E-state index contributed by atoms with van der Waals surface area (Å²) in [6, 6.07) is 9.92. The number of benzene rings is 1. The number of thioether (sulfide) groups is 1. The lowest BCUT2D eigenvalue weighted by atomic mass is 10.2. The second kappa shape index (κ2) is 5.62. The SMILES string of the molecule is CNC(C#N)CSc1ncnc2ccccc12. The van der Waals surface area contributed by atoms with Crippen molar-refractivity contribution in [3.63, 3.8) is 0 Å². The molecule has 0 saturated carbocycles. The van der Waals surface area contributed by atoms with Gasteiger partial charge in [0, 0.05) is 11.1 Å². The molecule has 1 atom stereocenters. The Hall–Kier alpha value is -1.64. The van der Waals surface area contributed by atoms with Crippen molar-refractivity contribution in [2.24, 2.45) is 0 Å². The number of hydrogen-bond donors (Lipinski definition) is 1. The molecule has 0 aliphatic rings. The number of nitriles is 1. The summed E-state index contributed by atoms with van der Waals surface area (Å²) in [6.07, 6.45) is 1.56. The van der Waals surface area contributed by atoms with E-state index in [1.54, 1.807) is 25.1 Å². The lowest BCUT2D eigenvalue weighted by Crippen LogP contribution is -2.25. The van der Waals surface area contributed by atoms with E-state index >= 15 is 0 Å². The Bertz CT molecular complexity index is 544. The van der Waals surface area contributed by atoms with Crippen LogP contribution in [0.25, 0.3) is 10.9 Å². The summed E-state index contributed by atoms with van der Waals surface area (Å²) in [7, 11) is 1.78. The summed E-state index contributed by atoms with van der Waals surface area (Å²) < 4.78 is 0. The molecule has 1 unspecified atom stereocenters. The molecule has 0 spiro atoms. The molecule has 5 heteroatoms. The van der Waals surface area contributed by atoms with Crippen LogP contribution in [0.4, 0.5) is 0 Å². The molecule has 2 rings (SSSR count). The van der Waals surface area contributed by atoms with Gasteiger partial charge in [-0.2, -0.15) is 5.26 Å². The Labute approximate surface area is 104 Å². The van der Waals surface area contributed by atoms with E-state index in [0.717, 1.165) is 15.9 Å². The molecule has 2 aromatic rings. The summed E-state index contributed by atoms with van der Waals surface area (Å²) in [5.74, 6) is 0.675. The predicted molar refractivity (Wildman–Crippen MR) is 68.7 cm³/mol. The first kappa shape index (κ1) is 11.8. The molecular weight excluding hydrogens is 232 g/mol. The van der Waals surface area contributed by atoms with Crippen LogP contribution in [-0.2, 0) is 0 Å². The van der Waals surface area contributed by atoms with Crippen molar-refractivity contribution in [3.8, 4) is 6.07 Å². The van der Waals surface area contributed by atoms with E-state index in [9.17, 15) is 0 Å². The highest BCUT2D eigenvalue weighted by molar-refractivity contribution is 7.99. The summed E-state index contributed by atoms with van der Waals surface area (Å²) in [5.41, 5.74) is 0.933. The zero-order chi connectivity index (χ0) is 12.1. The van der Waals surface area contributed by atoms with Crippen LogP contribution < -0.4 is 5.32 Å². The van der Waals surface area contributed by atoms with Crippen molar-refractivity contribution in [2.45, 2.75) is 11.1 Å². The first-order valence-electron chi connectivity index (χ1n) is 5.24. The molecule has 0 radical (unpaired) electrons. The van der Waals surface area contributed by atoms with E-state index in [4.69, 9.17) is 5.26 Å². The smallest absolute Gasteiger partial charge is 0.117 e. The van der Waals surface area contributed by atoms with Gasteiger partial charge in [-0.1, -0.05) is 18.2 Å². The molecule has 0 aliphatic heterocycles. The van der Waals surface area contributed by atoms with Crippen LogP contribution in [0, 0.1) is 11.3 Å². The van der Waals surface area contributed by atoms with Crippen molar-refractivity contribution in [1.82, 2.24) is 15.3 Å². The molecule has 1 aromatic carbocycles. The first-order chi connectivity index (χ1) is 8.35. The molecule has 0 saturated heterocycles. The van der Waals surface area contributed by atoms with Gasteiger partial charge in [-0.3, -0.25) is 0 Å². The lowest BCUT2D eigenvalue weighted by Gasteiger charge is -2.07. The fourth-order valence-electron chi connectivity index (χ4n) is 1.44. The normalized spacial score (nSPS) is 12.2. The average molecular weight is 244 g/mol. The van der Waals surface area contributed by atoms with Crippen molar-refractivity contribution in [1.29, 1.82) is 5.26 Å². The topological polar surface area (TPSA) is 61.6 Å². The van der Waals surface area contributed by atoms with Crippen molar-refractivity contribution in [3.05, 3.63) is 30.6 Å². The molecular formula is C12H12N4S. The molecule has 0 amide bonds. The largest absolute Gasteiger partial charge is 0.304 e. The minimum Gasteiger partial charge on any atom is -0.304 e. The fraction of sp³-hybridized carbons (Fsp3) is 0.250. The van der Waals surface area contributed by atoms with Crippen LogP contribution in [0.5, 0.6) is 0 Å². The zero-order valence-corrected chi connectivity index (χ0v) is 10.2. The number of fused-ring (bicyclic) bond motifs is 1. The summed E-state index contributed by atoms with van der Waals surface area (Å²) in [6.45, 7) is 0. The summed E-state index contributed by atoms with van der Waals surface area (Å²) >= 11 is 1.57. The first-order valence-corrected chi connectivity index (χ1v) is 6.23. The monoisotopic (exact) mass is 244 g/mol. The maximum absolute atomic E-state index is 8.86. The molecule has 86 valence electrons. The van der Waals surface area contributed by atoms with Crippen molar-refractivity contribution in [2.75, 3.05) is 12.8 Å². The number of aromatic nitrogens is 2. The quantitative estimate of drug-likeness (QED) is 0.656.